The van der Waals surface area contributed by atoms with E-state index in [4.69, 9.17) is 11.6 Å². The van der Waals surface area contributed by atoms with Crippen LogP contribution in [0.25, 0.3) is 0 Å². The number of carbonyl (C=O) groups is 2. The molecule has 1 aliphatic heterocycles. The summed E-state index contributed by atoms with van der Waals surface area (Å²) in [6.07, 6.45) is 0. The number of hydrogen-bond acceptors (Lipinski definition) is 3. The molecule has 0 spiro atoms. The van der Waals surface area contributed by atoms with Crippen molar-refractivity contribution in [3.63, 3.8) is 0 Å². The molecule has 1 aliphatic rings. The number of halogens is 2. The zero-order chi connectivity index (χ0) is 16.3. The number of carbonyl (C=O) groups excluding carboxylic acids is 2. The van der Waals surface area contributed by atoms with Crippen molar-refractivity contribution in [1.82, 2.24) is 14.7 Å². The Morgan fingerprint density at radius 1 is 1.18 bits per heavy atom. The van der Waals surface area contributed by atoms with E-state index in [2.05, 4.69) is 22.6 Å². The summed E-state index contributed by atoms with van der Waals surface area (Å²) in [6.45, 7) is 2.67. The van der Waals surface area contributed by atoms with Crippen molar-refractivity contribution in [3.05, 3.63) is 32.4 Å². The second-order valence-corrected chi connectivity index (χ2v) is 7.13. The van der Waals surface area contributed by atoms with Crippen LogP contribution in [0.3, 0.4) is 0 Å². The molecule has 7 heteroatoms. The minimum atomic E-state index is -0.0217. The molecule has 0 atom stereocenters. The van der Waals surface area contributed by atoms with Crippen molar-refractivity contribution >= 4 is 46.0 Å². The van der Waals surface area contributed by atoms with Gasteiger partial charge in [0, 0.05) is 34.8 Å². The maximum absolute atomic E-state index is 12.6. The number of nitrogens with zero attached hydrogens (tertiary/aromatic N) is 3. The van der Waals surface area contributed by atoms with E-state index in [-0.39, 0.29) is 11.8 Å². The molecule has 2 amide bonds. The van der Waals surface area contributed by atoms with Crippen molar-refractivity contribution in [2.24, 2.45) is 0 Å². The third-order valence-corrected chi connectivity index (χ3v) is 4.71. The molecule has 0 saturated carbocycles. The van der Waals surface area contributed by atoms with Crippen molar-refractivity contribution in [1.29, 1.82) is 0 Å². The second kappa shape index (κ2) is 7.61. The highest BCUT2D eigenvalue weighted by atomic mass is 127. The molecule has 0 unspecified atom stereocenters. The van der Waals surface area contributed by atoms with Crippen molar-refractivity contribution in [3.8, 4) is 0 Å². The predicted octanol–water partition coefficient (Wildman–Crippen LogP) is 1.79. The van der Waals surface area contributed by atoms with Gasteiger partial charge in [0.15, 0.2) is 0 Å². The van der Waals surface area contributed by atoms with E-state index in [9.17, 15) is 9.59 Å². The Kier molecular flexibility index (Phi) is 6.05. The number of amides is 2. The summed E-state index contributed by atoms with van der Waals surface area (Å²) in [7, 11) is 3.75. The van der Waals surface area contributed by atoms with Crippen LogP contribution in [0.4, 0.5) is 0 Å². The summed E-state index contributed by atoms with van der Waals surface area (Å²) >= 11 is 8.12. The van der Waals surface area contributed by atoms with Crippen LogP contribution in [-0.4, -0.2) is 73.3 Å². The Balaban J connectivity index is 1.98. The fourth-order valence-electron chi connectivity index (χ4n) is 2.36. The Labute approximate surface area is 149 Å². The fourth-order valence-corrected chi connectivity index (χ4v) is 3.10. The molecular formula is C15H19ClIN3O2. The van der Waals surface area contributed by atoms with Crippen molar-refractivity contribution in [2.75, 3.05) is 46.8 Å². The van der Waals surface area contributed by atoms with Crippen LogP contribution in [0.1, 0.15) is 10.4 Å². The summed E-state index contributed by atoms with van der Waals surface area (Å²) < 4.78 is 0.887. The zero-order valence-corrected chi connectivity index (χ0v) is 15.6. The molecule has 22 heavy (non-hydrogen) atoms. The Bertz CT molecular complexity index is 572. The smallest absolute Gasteiger partial charge is 0.255 e. The van der Waals surface area contributed by atoms with Gasteiger partial charge in [0.05, 0.1) is 12.1 Å². The minimum Gasteiger partial charge on any atom is -0.338 e. The fraction of sp³-hybridized carbons (Fsp3) is 0.467. The topological polar surface area (TPSA) is 43.9 Å². The number of benzene rings is 1. The van der Waals surface area contributed by atoms with Crippen LogP contribution in [0.5, 0.6) is 0 Å². The van der Waals surface area contributed by atoms with E-state index in [0.717, 1.165) is 3.57 Å². The maximum Gasteiger partial charge on any atom is 0.255 e. The summed E-state index contributed by atoms with van der Waals surface area (Å²) in [5.74, 6) is 0.0843. The maximum atomic E-state index is 12.6. The van der Waals surface area contributed by atoms with Gasteiger partial charge in [0.1, 0.15) is 0 Å². The van der Waals surface area contributed by atoms with Gasteiger partial charge in [-0.15, -0.1) is 0 Å². The summed E-state index contributed by atoms with van der Waals surface area (Å²) in [5, 5.41) is 0.559. The molecule has 120 valence electrons. The molecule has 0 radical (unpaired) electrons. The highest BCUT2D eigenvalue weighted by molar-refractivity contribution is 14.1. The van der Waals surface area contributed by atoms with Crippen LogP contribution in [0.2, 0.25) is 5.02 Å². The second-order valence-electron chi connectivity index (χ2n) is 5.53. The van der Waals surface area contributed by atoms with Gasteiger partial charge in [-0.1, -0.05) is 11.6 Å². The highest BCUT2D eigenvalue weighted by Crippen LogP contribution is 2.20. The number of rotatable bonds is 3. The molecule has 0 aromatic heterocycles. The van der Waals surface area contributed by atoms with Gasteiger partial charge >= 0.3 is 0 Å². The lowest BCUT2D eigenvalue weighted by Gasteiger charge is -2.35. The molecular weight excluding hydrogens is 417 g/mol. The van der Waals surface area contributed by atoms with E-state index in [0.29, 0.717) is 43.3 Å². The van der Waals surface area contributed by atoms with E-state index in [1.165, 1.54) is 0 Å². The van der Waals surface area contributed by atoms with E-state index in [1.807, 2.05) is 30.0 Å². The van der Waals surface area contributed by atoms with Gasteiger partial charge in [0.25, 0.3) is 5.91 Å². The predicted molar refractivity (Wildman–Crippen MR) is 95.2 cm³/mol. The van der Waals surface area contributed by atoms with Crippen LogP contribution < -0.4 is 0 Å². The van der Waals surface area contributed by atoms with Crippen LogP contribution in [0, 0.1) is 3.57 Å². The number of likely N-dealkylation sites (N-methyl/N-ethyl adjacent to an activating group) is 1. The molecule has 5 nitrogen and oxygen atoms in total. The molecule has 0 aliphatic carbocycles. The Hall–Kier alpha value is -0.860. The van der Waals surface area contributed by atoms with E-state index in [1.54, 1.807) is 17.0 Å². The lowest BCUT2D eigenvalue weighted by Crippen LogP contribution is -2.52. The summed E-state index contributed by atoms with van der Waals surface area (Å²) in [6, 6.07) is 5.32. The van der Waals surface area contributed by atoms with Crippen LogP contribution in [-0.2, 0) is 4.79 Å². The Morgan fingerprint density at radius 3 is 2.36 bits per heavy atom. The van der Waals surface area contributed by atoms with Crippen LogP contribution >= 0.6 is 34.2 Å². The molecule has 0 bridgehead atoms. The summed E-state index contributed by atoms with van der Waals surface area (Å²) in [4.78, 5) is 30.0. The first-order chi connectivity index (χ1) is 10.4. The summed E-state index contributed by atoms with van der Waals surface area (Å²) in [5.41, 5.74) is 0.626. The monoisotopic (exact) mass is 435 g/mol. The molecule has 1 saturated heterocycles. The standard InChI is InChI=1S/C15H19ClIN3O2/c1-18(2)10-14(21)19-5-7-20(8-6-19)15(22)12-9-11(16)3-4-13(12)17/h3-4,9H,5-8,10H2,1-2H3. The molecule has 1 aromatic rings. The first kappa shape index (κ1) is 17.5. The quantitative estimate of drug-likeness (QED) is 0.680. The normalized spacial score (nSPS) is 15.3. The molecule has 1 fully saturated rings. The number of piperazine rings is 1. The number of hydrogen-bond donors (Lipinski definition) is 0. The van der Waals surface area contributed by atoms with Gasteiger partial charge in [-0.2, -0.15) is 0 Å². The minimum absolute atomic E-state index is 0.0217. The van der Waals surface area contributed by atoms with Gasteiger partial charge in [-0.05, 0) is 54.9 Å². The molecule has 1 heterocycles. The average molecular weight is 436 g/mol. The van der Waals surface area contributed by atoms with Crippen LogP contribution in [0.15, 0.2) is 18.2 Å². The van der Waals surface area contributed by atoms with Gasteiger partial charge in [-0.25, -0.2) is 0 Å². The molecule has 0 N–H and O–H groups in total. The molecule has 1 aromatic carbocycles. The Morgan fingerprint density at radius 2 is 1.77 bits per heavy atom. The first-order valence-electron chi connectivity index (χ1n) is 7.05. The third-order valence-electron chi connectivity index (χ3n) is 3.53. The largest absolute Gasteiger partial charge is 0.338 e. The van der Waals surface area contributed by atoms with Gasteiger partial charge in [-0.3, -0.25) is 9.59 Å². The van der Waals surface area contributed by atoms with Gasteiger partial charge in [0.2, 0.25) is 5.91 Å². The lowest BCUT2D eigenvalue weighted by molar-refractivity contribution is -0.133. The van der Waals surface area contributed by atoms with Crippen molar-refractivity contribution in [2.45, 2.75) is 0 Å². The van der Waals surface area contributed by atoms with Gasteiger partial charge < -0.3 is 14.7 Å². The third kappa shape index (κ3) is 4.33. The van der Waals surface area contributed by atoms with E-state index < -0.39 is 0 Å². The molecule has 2 rings (SSSR count). The highest BCUT2D eigenvalue weighted by Gasteiger charge is 2.25. The lowest BCUT2D eigenvalue weighted by atomic mass is 10.2. The first-order valence-corrected chi connectivity index (χ1v) is 8.51. The average Bonchev–Trinajstić information content (AvgIpc) is 2.48. The SMILES string of the molecule is CN(C)CC(=O)N1CCN(C(=O)c2cc(Cl)ccc2I)CC1. The van der Waals surface area contributed by atoms with E-state index >= 15 is 0 Å². The van der Waals surface area contributed by atoms with Crippen molar-refractivity contribution < 1.29 is 9.59 Å². The zero-order valence-electron chi connectivity index (χ0n) is 12.7.